The number of aromatic nitrogens is 1. The third kappa shape index (κ3) is 4.25. The molecule has 3 aromatic rings. The molecule has 172 valence electrons. The summed E-state index contributed by atoms with van der Waals surface area (Å²) in [6, 6.07) is 7.60. The quantitative estimate of drug-likeness (QED) is 0.500. The highest BCUT2D eigenvalue weighted by molar-refractivity contribution is 7.17. The van der Waals surface area contributed by atoms with Crippen LogP contribution in [0.1, 0.15) is 48.9 Å². The van der Waals surface area contributed by atoms with E-state index < -0.39 is 12.0 Å². The van der Waals surface area contributed by atoms with E-state index in [0.29, 0.717) is 20.6 Å². The van der Waals surface area contributed by atoms with Crippen molar-refractivity contribution in [2.45, 2.75) is 39.2 Å². The van der Waals surface area contributed by atoms with E-state index in [1.54, 1.807) is 22.8 Å². The minimum absolute atomic E-state index is 0.126. The van der Waals surface area contributed by atoms with Gasteiger partial charge in [-0.15, -0.1) is 22.7 Å². The topological polar surface area (TPSA) is 63.9 Å². The van der Waals surface area contributed by atoms with E-state index in [1.807, 2.05) is 30.5 Å². The molecule has 1 fully saturated rings. The van der Waals surface area contributed by atoms with Gasteiger partial charge in [0, 0.05) is 22.8 Å². The maximum Gasteiger partial charge on any atom is 0.338 e. The summed E-state index contributed by atoms with van der Waals surface area (Å²) in [5.41, 5.74) is 0.907. The van der Waals surface area contributed by atoms with Gasteiger partial charge in [-0.3, -0.25) is 9.36 Å². The molecule has 0 saturated carbocycles. The molecule has 0 N–H and O–H groups in total. The summed E-state index contributed by atoms with van der Waals surface area (Å²) in [5, 5.41) is 3.21. The number of allylic oxidation sites excluding steroid dienone is 1. The number of thiazole rings is 1. The lowest BCUT2D eigenvalue weighted by Crippen LogP contribution is -2.39. The summed E-state index contributed by atoms with van der Waals surface area (Å²) >= 11 is 4.61. The number of hydrogen-bond acceptors (Lipinski definition) is 8. The predicted molar refractivity (Wildman–Crippen MR) is 135 cm³/mol. The van der Waals surface area contributed by atoms with Crippen molar-refractivity contribution in [3.8, 4) is 0 Å². The lowest BCUT2D eigenvalue weighted by molar-refractivity contribution is -0.139. The maximum absolute atomic E-state index is 13.6. The summed E-state index contributed by atoms with van der Waals surface area (Å²) in [4.78, 5) is 36.0. The Balaban J connectivity index is 1.58. The average Bonchev–Trinajstić information content (AvgIpc) is 3.56. The molecule has 1 unspecified atom stereocenters. The van der Waals surface area contributed by atoms with Crippen molar-refractivity contribution in [3.63, 3.8) is 0 Å². The Morgan fingerprint density at radius 2 is 2.03 bits per heavy atom. The molecule has 0 radical (unpaired) electrons. The molecule has 2 aliphatic heterocycles. The Labute approximate surface area is 203 Å². The zero-order valence-corrected chi connectivity index (χ0v) is 21.0. The minimum Gasteiger partial charge on any atom is -0.463 e. The van der Waals surface area contributed by atoms with Crippen LogP contribution in [-0.4, -0.2) is 30.2 Å². The third-order valence-corrected chi connectivity index (χ3v) is 8.88. The van der Waals surface area contributed by atoms with Crippen molar-refractivity contribution in [2.75, 3.05) is 24.6 Å². The number of fused-ring (bicyclic) bond motifs is 1. The molecule has 6 nitrogen and oxygen atoms in total. The van der Waals surface area contributed by atoms with Gasteiger partial charge in [-0.1, -0.05) is 17.4 Å². The molecule has 5 heterocycles. The Hall–Kier alpha value is -2.49. The highest BCUT2D eigenvalue weighted by atomic mass is 32.1. The lowest BCUT2D eigenvalue weighted by atomic mass is 10.0. The Morgan fingerprint density at radius 3 is 2.76 bits per heavy atom. The smallest absolute Gasteiger partial charge is 0.338 e. The van der Waals surface area contributed by atoms with Crippen molar-refractivity contribution >= 4 is 51.1 Å². The molecular weight excluding hydrogens is 474 g/mol. The number of anilines is 1. The van der Waals surface area contributed by atoms with Crippen molar-refractivity contribution in [1.82, 2.24) is 4.57 Å². The van der Waals surface area contributed by atoms with Gasteiger partial charge in [0.1, 0.15) is 6.04 Å². The fourth-order valence-electron chi connectivity index (χ4n) is 4.34. The maximum atomic E-state index is 13.6. The minimum atomic E-state index is -0.519. The Kier molecular flexibility index (Phi) is 6.36. The molecule has 5 rings (SSSR count). The second-order valence-electron chi connectivity index (χ2n) is 8.04. The van der Waals surface area contributed by atoms with Crippen molar-refractivity contribution < 1.29 is 9.53 Å². The second kappa shape index (κ2) is 9.40. The van der Waals surface area contributed by atoms with Gasteiger partial charge in [0.2, 0.25) is 0 Å². The fraction of sp³-hybridized carbons (Fsp3) is 0.375. The van der Waals surface area contributed by atoms with Crippen LogP contribution in [-0.2, 0) is 9.53 Å². The van der Waals surface area contributed by atoms with Crippen LogP contribution in [0.25, 0.3) is 6.08 Å². The summed E-state index contributed by atoms with van der Waals surface area (Å²) < 4.78 is 7.60. The molecule has 33 heavy (non-hydrogen) atoms. The van der Waals surface area contributed by atoms with E-state index in [-0.39, 0.29) is 12.2 Å². The summed E-state index contributed by atoms with van der Waals surface area (Å²) in [6.45, 7) is 6.06. The van der Waals surface area contributed by atoms with Gasteiger partial charge < -0.3 is 9.64 Å². The van der Waals surface area contributed by atoms with E-state index >= 15 is 0 Å². The van der Waals surface area contributed by atoms with Crippen LogP contribution in [0.4, 0.5) is 5.00 Å². The van der Waals surface area contributed by atoms with Crippen molar-refractivity contribution in [1.29, 1.82) is 0 Å². The number of piperidine rings is 1. The van der Waals surface area contributed by atoms with E-state index in [4.69, 9.17) is 4.74 Å². The van der Waals surface area contributed by atoms with Crippen LogP contribution in [0.2, 0.25) is 0 Å². The first-order valence-corrected chi connectivity index (χ1v) is 13.7. The number of esters is 1. The lowest BCUT2D eigenvalue weighted by Gasteiger charge is -2.27. The van der Waals surface area contributed by atoms with Crippen molar-refractivity contribution in [3.05, 3.63) is 70.4 Å². The van der Waals surface area contributed by atoms with E-state index in [2.05, 4.69) is 22.0 Å². The monoisotopic (exact) mass is 499 g/mol. The first-order chi connectivity index (χ1) is 16.1. The van der Waals surface area contributed by atoms with Crippen LogP contribution in [0, 0.1) is 0 Å². The molecule has 9 heteroatoms. The number of nitrogens with zero attached hydrogens (tertiary/aromatic N) is 3. The van der Waals surface area contributed by atoms with E-state index in [0.717, 1.165) is 22.8 Å². The number of hydrogen-bond donors (Lipinski definition) is 0. The molecule has 0 aliphatic carbocycles. The third-order valence-electron chi connectivity index (χ3n) is 5.88. The second-order valence-corrected chi connectivity index (χ2v) is 11.1. The van der Waals surface area contributed by atoms with Gasteiger partial charge in [-0.25, -0.2) is 9.79 Å². The molecule has 1 saturated heterocycles. The summed E-state index contributed by atoms with van der Waals surface area (Å²) in [6.07, 6.45) is 5.72. The number of rotatable bonds is 5. The first-order valence-electron chi connectivity index (χ1n) is 11.1. The fourth-order valence-corrected chi connectivity index (χ4v) is 7.28. The normalized spacial score (nSPS) is 18.9. The van der Waals surface area contributed by atoms with Gasteiger partial charge >= 0.3 is 5.97 Å². The van der Waals surface area contributed by atoms with Crippen molar-refractivity contribution in [2.24, 2.45) is 4.99 Å². The van der Waals surface area contributed by atoms with Crippen LogP contribution in [0.15, 0.2) is 50.7 Å². The highest BCUT2D eigenvalue weighted by Gasteiger charge is 2.33. The molecule has 3 aromatic heterocycles. The van der Waals surface area contributed by atoms with Crippen LogP contribution in [0.3, 0.4) is 0 Å². The zero-order valence-electron chi connectivity index (χ0n) is 18.6. The number of carbonyl (C=O) groups is 1. The molecule has 0 bridgehead atoms. The largest absolute Gasteiger partial charge is 0.463 e. The average molecular weight is 500 g/mol. The number of ether oxygens (including phenoxy) is 1. The van der Waals surface area contributed by atoms with E-state index in [9.17, 15) is 9.59 Å². The van der Waals surface area contributed by atoms with Gasteiger partial charge in [0.25, 0.3) is 5.56 Å². The Bertz CT molecular complexity index is 1370. The van der Waals surface area contributed by atoms with Crippen LogP contribution >= 0.6 is 34.0 Å². The summed E-state index contributed by atoms with van der Waals surface area (Å²) in [5.74, 6) is -0.421. The van der Waals surface area contributed by atoms with Gasteiger partial charge in [-0.2, -0.15) is 0 Å². The molecule has 0 spiro atoms. The molecule has 2 aliphatic rings. The van der Waals surface area contributed by atoms with E-state index in [1.165, 1.54) is 46.9 Å². The molecule has 1 atom stereocenters. The molecular formula is C24H25N3O3S3. The first kappa shape index (κ1) is 22.3. The van der Waals surface area contributed by atoms with Crippen LogP contribution in [0.5, 0.6) is 0 Å². The SMILES string of the molecule is CCOC(=O)C1=C(C)N=c2s/c(=C/c3ccc(N4CCCCC4)s3)c(=O)n2C1c1cccs1. The van der Waals surface area contributed by atoms with Gasteiger partial charge in [0.05, 0.1) is 27.4 Å². The highest BCUT2D eigenvalue weighted by Crippen LogP contribution is 2.33. The van der Waals surface area contributed by atoms with Crippen LogP contribution < -0.4 is 19.8 Å². The molecule has 0 aromatic carbocycles. The van der Waals surface area contributed by atoms with Gasteiger partial charge in [-0.05, 0) is 62.8 Å². The Morgan fingerprint density at radius 1 is 1.21 bits per heavy atom. The predicted octanol–water partition coefficient (Wildman–Crippen LogP) is 3.91. The van der Waals surface area contributed by atoms with Gasteiger partial charge in [0.15, 0.2) is 4.80 Å². The number of thiophene rings is 2. The zero-order chi connectivity index (χ0) is 22.9. The summed E-state index contributed by atoms with van der Waals surface area (Å²) in [7, 11) is 0. The standard InChI is InChI=1S/C24H25N3O3S3/c1-3-30-23(29)20-15(2)25-24-27(21(20)17-8-7-13-31-17)22(28)18(33-24)14-16-9-10-19(32-16)26-11-5-4-6-12-26/h7-10,13-14,21H,3-6,11-12H2,1-2H3/b18-14+. The number of carbonyl (C=O) groups excluding carboxylic acids is 1. The molecule has 0 amide bonds.